The van der Waals surface area contributed by atoms with Gasteiger partial charge in [-0.2, -0.15) is 0 Å². The summed E-state index contributed by atoms with van der Waals surface area (Å²) in [5.74, 6) is -0.195. The Morgan fingerprint density at radius 2 is 2.00 bits per heavy atom. The van der Waals surface area contributed by atoms with Crippen molar-refractivity contribution < 1.29 is 9.53 Å². The second-order valence-electron chi connectivity index (χ2n) is 3.60. The normalized spacial score (nSPS) is 10.5. The molecule has 3 nitrogen and oxygen atoms in total. The van der Waals surface area contributed by atoms with Crippen LogP contribution in [0.3, 0.4) is 0 Å². The largest absolute Gasteiger partial charge is 0.465 e. The third kappa shape index (κ3) is 4.64. The molecule has 1 aromatic carbocycles. The van der Waals surface area contributed by atoms with E-state index in [1.807, 2.05) is 36.2 Å². The standard InChI is InChI=1S/C12H16ClNO2/c1-3-16-12(15)9-14(2)8-10-4-6-11(13)7-5-10/h4-7H,3,8-9H2,1-2H3. The summed E-state index contributed by atoms with van der Waals surface area (Å²) in [6.45, 7) is 3.23. The smallest absolute Gasteiger partial charge is 0.320 e. The highest BCUT2D eigenvalue weighted by Gasteiger charge is 2.07. The van der Waals surface area contributed by atoms with Crippen LogP contribution in [0.4, 0.5) is 0 Å². The van der Waals surface area contributed by atoms with Gasteiger partial charge in [0.05, 0.1) is 13.2 Å². The quantitative estimate of drug-likeness (QED) is 0.741. The Morgan fingerprint density at radius 3 is 2.56 bits per heavy atom. The zero-order valence-electron chi connectivity index (χ0n) is 9.57. The van der Waals surface area contributed by atoms with Crippen LogP contribution in [0, 0.1) is 0 Å². The molecule has 0 aromatic heterocycles. The predicted molar refractivity (Wildman–Crippen MR) is 64.4 cm³/mol. The highest BCUT2D eigenvalue weighted by atomic mass is 35.5. The van der Waals surface area contributed by atoms with Crippen LogP contribution in [0.5, 0.6) is 0 Å². The number of hydrogen-bond donors (Lipinski definition) is 0. The van der Waals surface area contributed by atoms with E-state index in [0.717, 1.165) is 10.6 Å². The van der Waals surface area contributed by atoms with E-state index in [1.165, 1.54) is 0 Å². The summed E-state index contributed by atoms with van der Waals surface area (Å²) in [6.07, 6.45) is 0. The van der Waals surface area contributed by atoms with Crippen LogP contribution in [0.25, 0.3) is 0 Å². The first-order valence-corrected chi connectivity index (χ1v) is 5.58. The molecule has 0 unspecified atom stereocenters. The average molecular weight is 242 g/mol. The summed E-state index contributed by atoms with van der Waals surface area (Å²) in [5.41, 5.74) is 1.12. The van der Waals surface area contributed by atoms with E-state index >= 15 is 0 Å². The van der Waals surface area contributed by atoms with Gasteiger partial charge in [0.15, 0.2) is 0 Å². The lowest BCUT2D eigenvalue weighted by atomic mass is 10.2. The van der Waals surface area contributed by atoms with Crippen molar-refractivity contribution in [3.8, 4) is 0 Å². The minimum Gasteiger partial charge on any atom is -0.465 e. The average Bonchev–Trinajstić information content (AvgIpc) is 2.21. The maximum atomic E-state index is 11.2. The highest BCUT2D eigenvalue weighted by molar-refractivity contribution is 6.30. The van der Waals surface area contributed by atoms with Crippen molar-refractivity contribution in [2.24, 2.45) is 0 Å². The molecule has 0 amide bonds. The fourth-order valence-electron chi connectivity index (χ4n) is 1.38. The summed E-state index contributed by atoms with van der Waals surface area (Å²) in [5, 5.41) is 0.719. The second kappa shape index (κ2) is 6.51. The molecule has 0 saturated heterocycles. The van der Waals surface area contributed by atoms with E-state index in [1.54, 1.807) is 6.92 Å². The van der Waals surface area contributed by atoms with Gasteiger partial charge in [0.25, 0.3) is 0 Å². The van der Waals surface area contributed by atoms with Gasteiger partial charge in [0.2, 0.25) is 0 Å². The lowest BCUT2D eigenvalue weighted by Crippen LogP contribution is -2.26. The van der Waals surface area contributed by atoms with Crippen LogP contribution in [0.15, 0.2) is 24.3 Å². The fourth-order valence-corrected chi connectivity index (χ4v) is 1.51. The number of hydrogen-bond acceptors (Lipinski definition) is 3. The Balaban J connectivity index is 2.42. The van der Waals surface area contributed by atoms with Gasteiger partial charge in [-0.3, -0.25) is 9.69 Å². The number of benzene rings is 1. The zero-order valence-corrected chi connectivity index (χ0v) is 10.3. The van der Waals surface area contributed by atoms with E-state index in [4.69, 9.17) is 16.3 Å². The summed E-state index contributed by atoms with van der Waals surface area (Å²) in [7, 11) is 1.88. The molecule has 1 aromatic rings. The number of likely N-dealkylation sites (N-methyl/N-ethyl adjacent to an activating group) is 1. The molecule has 88 valence electrons. The molecule has 0 atom stereocenters. The monoisotopic (exact) mass is 241 g/mol. The number of esters is 1. The zero-order chi connectivity index (χ0) is 12.0. The summed E-state index contributed by atoms with van der Waals surface area (Å²) in [4.78, 5) is 13.1. The maximum absolute atomic E-state index is 11.2. The van der Waals surface area contributed by atoms with Crippen molar-refractivity contribution in [3.63, 3.8) is 0 Å². The molecule has 0 bridgehead atoms. The van der Waals surface area contributed by atoms with E-state index in [-0.39, 0.29) is 5.97 Å². The van der Waals surface area contributed by atoms with Crippen LogP contribution in [0.1, 0.15) is 12.5 Å². The molecular weight excluding hydrogens is 226 g/mol. The van der Waals surface area contributed by atoms with Gasteiger partial charge in [-0.25, -0.2) is 0 Å². The Bertz CT molecular complexity index is 337. The van der Waals surface area contributed by atoms with Crippen molar-refractivity contribution >= 4 is 17.6 Å². The Kier molecular flexibility index (Phi) is 5.29. The third-order valence-electron chi connectivity index (χ3n) is 2.07. The highest BCUT2D eigenvalue weighted by Crippen LogP contribution is 2.10. The number of carbonyl (C=O) groups excluding carboxylic acids is 1. The molecule has 0 aliphatic rings. The minimum absolute atomic E-state index is 0.195. The Labute approximate surface area is 101 Å². The van der Waals surface area contributed by atoms with Crippen LogP contribution in [-0.4, -0.2) is 31.1 Å². The van der Waals surface area contributed by atoms with Crippen LogP contribution in [0.2, 0.25) is 5.02 Å². The summed E-state index contributed by atoms with van der Waals surface area (Å²) < 4.78 is 4.87. The van der Waals surface area contributed by atoms with Crippen molar-refractivity contribution in [2.45, 2.75) is 13.5 Å². The number of halogens is 1. The molecule has 0 radical (unpaired) electrons. The summed E-state index contributed by atoms with van der Waals surface area (Å²) >= 11 is 5.79. The molecule has 0 aliphatic carbocycles. The first kappa shape index (κ1) is 13.0. The number of nitrogens with zero attached hydrogens (tertiary/aromatic N) is 1. The molecule has 0 saturated carbocycles. The van der Waals surface area contributed by atoms with Crippen molar-refractivity contribution in [1.82, 2.24) is 4.90 Å². The third-order valence-corrected chi connectivity index (χ3v) is 2.32. The van der Waals surface area contributed by atoms with Gasteiger partial charge >= 0.3 is 5.97 Å². The van der Waals surface area contributed by atoms with Gasteiger partial charge in [-0.15, -0.1) is 0 Å². The number of ether oxygens (including phenoxy) is 1. The lowest BCUT2D eigenvalue weighted by Gasteiger charge is -2.15. The van der Waals surface area contributed by atoms with E-state index in [0.29, 0.717) is 19.7 Å². The Hall–Kier alpha value is -1.06. The van der Waals surface area contributed by atoms with Crippen LogP contribution >= 0.6 is 11.6 Å². The van der Waals surface area contributed by atoms with Crippen molar-refractivity contribution in [1.29, 1.82) is 0 Å². The number of rotatable bonds is 5. The maximum Gasteiger partial charge on any atom is 0.320 e. The number of carbonyl (C=O) groups is 1. The SMILES string of the molecule is CCOC(=O)CN(C)Cc1ccc(Cl)cc1. The van der Waals surface area contributed by atoms with Gasteiger partial charge in [-0.1, -0.05) is 23.7 Å². The summed E-state index contributed by atoms with van der Waals surface area (Å²) in [6, 6.07) is 7.58. The van der Waals surface area contributed by atoms with Crippen LogP contribution in [-0.2, 0) is 16.1 Å². The molecule has 16 heavy (non-hydrogen) atoms. The Morgan fingerprint density at radius 1 is 1.38 bits per heavy atom. The molecule has 0 heterocycles. The van der Waals surface area contributed by atoms with Gasteiger partial charge in [0, 0.05) is 11.6 Å². The van der Waals surface area contributed by atoms with E-state index < -0.39 is 0 Å². The predicted octanol–water partition coefficient (Wildman–Crippen LogP) is 2.33. The van der Waals surface area contributed by atoms with E-state index in [9.17, 15) is 4.79 Å². The van der Waals surface area contributed by atoms with Crippen molar-refractivity contribution in [2.75, 3.05) is 20.2 Å². The van der Waals surface area contributed by atoms with E-state index in [2.05, 4.69) is 0 Å². The lowest BCUT2D eigenvalue weighted by molar-refractivity contribution is -0.144. The fraction of sp³-hybridized carbons (Fsp3) is 0.417. The van der Waals surface area contributed by atoms with Gasteiger partial charge < -0.3 is 4.74 Å². The van der Waals surface area contributed by atoms with Crippen LogP contribution < -0.4 is 0 Å². The minimum atomic E-state index is -0.195. The first-order chi connectivity index (χ1) is 7.61. The molecule has 0 aliphatic heterocycles. The molecule has 1 rings (SSSR count). The molecule has 0 fully saturated rings. The molecule has 4 heteroatoms. The molecule has 0 spiro atoms. The molecular formula is C12H16ClNO2. The topological polar surface area (TPSA) is 29.5 Å². The molecule has 0 N–H and O–H groups in total. The first-order valence-electron chi connectivity index (χ1n) is 5.20. The van der Waals surface area contributed by atoms with Gasteiger partial charge in [0.1, 0.15) is 0 Å². The van der Waals surface area contributed by atoms with Gasteiger partial charge in [-0.05, 0) is 31.7 Å². The van der Waals surface area contributed by atoms with Crippen molar-refractivity contribution in [3.05, 3.63) is 34.9 Å². The second-order valence-corrected chi connectivity index (χ2v) is 4.04.